The Bertz CT molecular complexity index is 1100. The van der Waals surface area contributed by atoms with Crippen LogP contribution in [0.4, 0.5) is 5.69 Å². The highest BCUT2D eigenvalue weighted by Crippen LogP contribution is 2.24. The summed E-state index contributed by atoms with van der Waals surface area (Å²) >= 11 is 0. The molecule has 0 atom stereocenters. The van der Waals surface area contributed by atoms with E-state index < -0.39 is 20.0 Å². The topological polar surface area (TPSA) is 127 Å². The lowest BCUT2D eigenvalue weighted by atomic mass is 10.1. The first-order valence-corrected chi connectivity index (χ1v) is 12.3. The summed E-state index contributed by atoms with van der Waals surface area (Å²) in [6.07, 6.45) is 1.95. The zero-order valence-corrected chi connectivity index (χ0v) is 17.4. The first-order chi connectivity index (χ1) is 13.7. The third kappa shape index (κ3) is 5.34. The van der Waals surface area contributed by atoms with Crippen LogP contribution in [-0.2, 0) is 26.5 Å². The van der Waals surface area contributed by atoms with Gasteiger partial charge in [-0.15, -0.1) is 0 Å². The third-order valence-corrected chi connectivity index (χ3v) is 7.50. The largest absolute Gasteiger partial charge is 0.352 e. The molecule has 2 aromatic carbocycles. The van der Waals surface area contributed by atoms with Gasteiger partial charge in [0, 0.05) is 18.7 Å². The predicted octanol–water partition coefficient (Wildman–Crippen LogP) is 1.24. The van der Waals surface area contributed by atoms with Crippen molar-refractivity contribution < 1.29 is 21.6 Å². The monoisotopic (exact) mass is 437 g/mol. The van der Waals surface area contributed by atoms with Crippen molar-refractivity contribution in [2.45, 2.75) is 24.2 Å². The molecule has 29 heavy (non-hydrogen) atoms. The number of carbonyl (C=O) groups excluding carboxylic acids is 1. The van der Waals surface area contributed by atoms with Gasteiger partial charge in [-0.1, -0.05) is 18.2 Å². The zero-order valence-electron chi connectivity index (χ0n) is 15.7. The Morgan fingerprint density at radius 2 is 1.83 bits per heavy atom. The number of benzene rings is 2. The Balaban J connectivity index is 1.61. The Morgan fingerprint density at radius 1 is 1.10 bits per heavy atom. The number of primary sulfonamides is 1. The minimum absolute atomic E-state index is 0.0368. The van der Waals surface area contributed by atoms with E-state index in [1.54, 1.807) is 36.4 Å². The second-order valence-corrected chi connectivity index (χ2v) is 10.4. The number of rotatable bonds is 6. The lowest BCUT2D eigenvalue weighted by Crippen LogP contribution is -2.38. The fourth-order valence-corrected chi connectivity index (χ4v) is 5.30. The van der Waals surface area contributed by atoms with Gasteiger partial charge in [0.15, 0.2) is 0 Å². The van der Waals surface area contributed by atoms with Crippen LogP contribution in [0.1, 0.15) is 28.8 Å². The van der Waals surface area contributed by atoms with Crippen molar-refractivity contribution in [1.29, 1.82) is 0 Å². The van der Waals surface area contributed by atoms with Crippen molar-refractivity contribution in [2.75, 3.05) is 23.1 Å². The molecule has 1 aliphatic heterocycles. The zero-order chi connectivity index (χ0) is 21.1. The maximum Gasteiger partial charge on any atom is 0.251 e. The number of nitrogens with one attached hydrogen (secondary N) is 1. The molecule has 0 radical (unpaired) electrons. The van der Waals surface area contributed by atoms with Crippen LogP contribution < -0.4 is 14.8 Å². The summed E-state index contributed by atoms with van der Waals surface area (Å²) in [6, 6.07) is 12.7. The molecule has 0 aromatic heterocycles. The number of hydrogen-bond acceptors (Lipinski definition) is 5. The SMILES string of the molecule is NS(=O)(=O)c1ccc(CCNC(=O)c2cccc(N3CCCCS3(=O)=O)c2)cc1. The van der Waals surface area contributed by atoms with Gasteiger partial charge in [0.25, 0.3) is 5.91 Å². The van der Waals surface area contributed by atoms with Gasteiger partial charge in [-0.25, -0.2) is 22.0 Å². The first kappa shape index (κ1) is 21.3. The first-order valence-electron chi connectivity index (χ1n) is 9.17. The van der Waals surface area contributed by atoms with Crippen molar-refractivity contribution in [2.24, 2.45) is 5.14 Å². The van der Waals surface area contributed by atoms with E-state index in [2.05, 4.69) is 5.32 Å². The molecule has 1 saturated heterocycles. The Hall–Kier alpha value is -2.43. The number of hydrogen-bond donors (Lipinski definition) is 2. The van der Waals surface area contributed by atoms with Crippen molar-refractivity contribution in [1.82, 2.24) is 5.32 Å². The number of carbonyl (C=O) groups is 1. The van der Waals surface area contributed by atoms with Gasteiger partial charge < -0.3 is 5.32 Å². The fraction of sp³-hybridized carbons (Fsp3) is 0.316. The fourth-order valence-electron chi connectivity index (χ4n) is 3.15. The van der Waals surface area contributed by atoms with Crippen LogP contribution in [-0.4, -0.2) is 41.6 Å². The van der Waals surface area contributed by atoms with Crippen LogP contribution in [0.15, 0.2) is 53.4 Å². The molecule has 1 heterocycles. The summed E-state index contributed by atoms with van der Waals surface area (Å²) in [4.78, 5) is 12.5. The second-order valence-electron chi connectivity index (χ2n) is 6.84. The van der Waals surface area contributed by atoms with Crippen molar-refractivity contribution >= 4 is 31.6 Å². The predicted molar refractivity (Wildman–Crippen MR) is 111 cm³/mol. The minimum atomic E-state index is -3.73. The van der Waals surface area contributed by atoms with Crippen LogP contribution in [0.5, 0.6) is 0 Å². The van der Waals surface area contributed by atoms with E-state index in [4.69, 9.17) is 5.14 Å². The van der Waals surface area contributed by atoms with E-state index >= 15 is 0 Å². The highest BCUT2D eigenvalue weighted by Gasteiger charge is 2.26. The van der Waals surface area contributed by atoms with Gasteiger partial charge in [0.1, 0.15) is 0 Å². The standard InChI is InChI=1S/C19H23N3O5S2/c20-29(26,27)18-8-6-15(7-9-18)10-11-21-19(23)16-4-3-5-17(14-16)22-12-1-2-13-28(22,24)25/h3-9,14H,1-2,10-13H2,(H,21,23)(H2,20,26,27). The van der Waals surface area contributed by atoms with E-state index in [9.17, 15) is 21.6 Å². The number of nitrogens with zero attached hydrogens (tertiary/aromatic N) is 1. The average Bonchev–Trinajstić information content (AvgIpc) is 2.67. The smallest absolute Gasteiger partial charge is 0.251 e. The molecule has 8 nitrogen and oxygen atoms in total. The van der Waals surface area contributed by atoms with E-state index in [1.807, 2.05) is 0 Å². The Labute approximate surface area is 170 Å². The summed E-state index contributed by atoms with van der Waals surface area (Å²) in [5, 5.41) is 7.86. The van der Waals surface area contributed by atoms with Gasteiger partial charge in [0.2, 0.25) is 20.0 Å². The van der Waals surface area contributed by atoms with Crippen molar-refractivity contribution in [3.63, 3.8) is 0 Å². The van der Waals surface area contributed by atoms with Crippen LogP contribution >= 0.6 is 0 Å². The molecular formula is C19H23N3O5S2. The van der Waals surface area contributed by atoms with Gasteiger partial charge in [-0.05, 0) is 55.2 Å². The molecule has 3 N–H and O–H groups in total. The van der Waals surface area contributed by atoms with E-state index in [0.717, 1.165) is 12.0 Å². The summed E-state index contributed by atoms with van der Waals surface area (Å²) < 4.78 is 48.4. The van der Waals surface area contributed by atoms with E-state index in [0.29, 0.717) is 37.2 Å². The van der Waals surface area contributed by atoms with Gasteiger partial charge >= 0.3 is 0 Å². The minimum Gasteiger partial charge on any atom is -0.352 e. The second kappa shape index (κ2) is 8.52. The number of nitrogens with two attached hydrogens (primary N) is 1. The highest BCUT2D eigenvalue weighted by molar-refractivity contribution is 7.92. The lowest BCUT2D eigenvalue weighted by Gasteiger charge is -2.28. The summed E-state index contributed by atoms with van der Waals surface area (Å²) in [5.41, 5.74) is 1.73. The van der Waals surface area contributed by atoms with Crippen LogP contribution in [0.2, 0.25) is 0 Å². The van der Waals surface area contributed by atoms with Crippen molar-refractivity contribution in [3.8, 4) is 0 Å². The van der Waals surface area contributed by atoms with Crippen LogP contribution in [0, 0.1) is 0 Å². The normalized spacial score (nSPS) is 16.4. The van der Waals surface area contributed by atoms with Gasteiger partial charge in [-0.3, -0.25) is 9.10 Å². The third-order valence-electron chi connectivity index (χ3n) is 4.70. The number of anilines is 1. The molecule has 1 amide bonds. The quantitative estimate of drug-likeness (QED) is 0.703. The lowest BCUT2D eigenvalue weighted by molar-refractivity contribution is 0.0954. The molecular weight excluding hydrogens is 414 g/mol. The molecule has 3 rings (SSSR count). The molecule has 156 valence electrons. The van der Waals surface area contributed by atoms with Gasteiger partial charge in [-0.2, -0.15) is 0 Å². The van der Waals surface area contributed by atoms with Crippen molar-refractivity contribution in [3.05, 3.63) is 59.7 Å². The van der Waals surface area contributed by atoms with E-state index in [-0.39, 0.29) is 16.6 Å². The van der Waals surface area contributed by atoms with Crippen LogP contribution in [0.3, 0.4) is 0 Å². The maximum absolute atomic E-state index is 12.4. The molecule has 1 aliphatic rings. The molecule has 2 aromatic rings. The van der Waals surface area contributed by atoms with Crippen LogP contribution in [0.25, 0.3) is 0 Å². The molecule has 0 unspecified atom stereocenters. The Kier molecular flexibility index (Phi) is 6.25. The summed E-state index contributed by atoms with van der Waals surface area (Å²) in [6.45, 7) is 0.766. The van der Waals surface area contributed by atoms with Gasteiger partial charge in [0.05, 0.1) is 16.3 Å². The molecule has 0 saturated carbocycles. The maximum atomic E-state index is 12.4. The Morgan fingerprint density at radius 3 is 2.48 bits per heavy atom. The molecule has 0 aliphatic carbocycles. The molecule has 10 heteroatoms. The molecule has 0 bridgehead atoms. The van der Waals surface area contributed by atoms with E-state index in [1.165, 1.54) is 16.4 Å². The summed E-state index contributed by atoms with van der Waals surface area (Å²) in [7, 11) is -7.06. The molecule has 0 spiro atoms. The average molecular weight is 438 g/mol. The number of amides is 1. The number of sulfonamides is 2. The highest BCUT2D eigenvalue weighted by atomic mass is 32.2. The summed E-state index contributed by atoms with van der Waals surface area (Å²) in [5.74, 6) is -0.185. The molecule has 1 fully saturated rings.